The molecule has 0 aromatic heterocycles. The van der Waals surface area contributed by atoms with E-state index in [1.807, 2.05) is 23.9 Å². The molecule has 0 fully saturated rings. The second-order valence-electron chi connectivity index (χ2n) is 4.44. The van der Waals surface area contributed by atoms with Gasteiger partial charge in [-0.2, -0.15) is 11.8 Å². The number of thioether (sulfide) groups is 1. The molecule has 0 saturated heterocycles. The summed E-state index contributed by atoms with van der Waals surface area (Å²) >= 11 is 1.88. The molecular formula is C13H22N2OS. The third-order valence-corrected chi connectivity index (χ3v) is 3.66. The van der Waals surface area contributed by atoms with Gasteiger partial charge < -0.3 is 10.8 Å². The number of anilines is 1. The fourth-order valence-corrected chi connectivity index (χ4v) is 2.23. The van der Waals surface area contributed by atoms with Gasteiger partial charge in [0.1, 0.15) is 5.75 Å². The Labute approximate surface area is 108 Å². The van der Waals surface area contributed by atoms with Gasteiger partial charge in [0.15, 0.2) is 0 Å². The maximum Gasteiger partial charge on any atom is 0.138 e. The summed E-state index contributed by atoms with van der Waals surface area (Å²) in [6.45, 7) is 3.10. The first kappa shape index (κ1) is 14.2. The van der Waals surface area contributed by atoms with Crippen LogP contribution in [0.3, 0.4) is 0 Å². The quantitative estimate of drug-likeness (QED) is 0.605. The van der Waals surface area contributed by atoms with E-state index in [-0.39, 0.29) is 5.75 Å². The molecule has 96 valence electrons. The number of nitrogen functional groups attached to an aromatic ring is 1. The minimum atomic E-state index is 0.159. The molecule has 3 N–H and O–H groups in total. The molecule has 1 unspecified atom stereocenters. The maximum absolute atomic E-state index is 9.36. The van der Waals surface area contributed by atoms with Crippen molar-refractivity contribution >= 4 is 17.4 Å². The van der Waals surface area contributed by atoms with Crippen molar-refractivity contribution in [1.29, 1.82) is 0 Å². The molecule has 1 atom stereocenters. The minimum Gasteiger partial charge on any atom is -0.506 e. The average molecular weight is 254 g/mol. The number of benzene rings is 1. The fraction of sp³-hybridized carbons (Fsp3) is 0.538. The van der Waals surface area contributed by atoms with Crippen LogP contribution >= 0.6 is 11.8 Å². The molecule has 0 bridgehead atoms. The van der Waals surface area contributed by atoms with Crippen molar-refractivity contribution < 1.29 is 5.11 Å². The SMILES string of the molecule is CSCCC(C)N(C)Cc1ccc(O)c(N)c1. The van der Waals surface area contributed by atoms with E-state index in [1.54, 1.807) is 6.07 Å². The first-order valence-corrected chi connectivity index (χ1v) is 7.20. The van der Waals surface area contributed by atoms with E-state index >= 15 is 0 Å². The van der Waals surface area contributed by atoms with Crippen molar-refractivity contribution in [3.8, 4) is 5.75 Å². The van der Waals surface area contributed by atoms with Gasteiger partial charge in [-0.15, -0.1) is 0 Å². The van der Waals surface area contributed by atoms with Gasteiger partial charge in [-0.05, 0) is 50.1 Å². The summed E-state index contributed by atoms with van der Waals surface area (Å²) in [5.74, 6) is 1.34. The molecule has 3 nitrogen and oxygen atoms in total. The number of hydrogen-bond acceptors (Lipinski definition) is 4. The van der Waals surface area contributed by atoms with Gasteiger partial charge in [-0.25, -0.2) is 0 Å². The Hall–Kier alpha value is -0.870. The van der Waals surface area contributed by atoms with Gasteiger partial charge in [0.2, 0.25) is 0 Å². The predicted octanol–water partition coefficient (Wildman–Crippen LogP) is 2.55. The Kier molecular flexibility index (Phi) is 5.65. The first-order valence-electron chi connectivity index (χ1n) is 5.81. The van der Waals surface area contributed by atoms with Crippen molar-refractivity contribution in [1.82, 2.24) is 4.90 Å². The Bertz CT molecular complexity index is 357. The Morgan fingerprint density at radius 2 is 2.18 bits per heavy atom. The topological polar surface area (TPSA) is 49.5 Å². The van der Waals surface area contributed by atoms with Crippen LogP contribution in [0.5, 0.6) is 5.75 Å². The van der Waals surface area contributed by atoms with Crippen LogP contribution in [0, 0.1) is 0 Å². The molecule has 0 spiro atoms. The van der Waals surface area contributed by atoms with E-state index in [1.165, 1.54) is 12.2 Å². The lowest BCUT2D eigenvalue weighted by Crippen LogP contribution is -2.29. The summed E-state index contributed by atoms with van der Waals surface area (Å²) in [5, 5.41) is 9.36. The third-order valence-electron chi connectivity index (χ3n) is 3.02. The van der Waals surface area contributed by atoms with Crippen molar-refractivity contribution in [2.75, 3.05) is 24.8 Å². The van der Waals surface area contributed by atoms with Gasteiger partial charge in [0, 0.05) is 12.6 Å². The summed E-state index contributed by atoms with van der Waals surface area (Å²) in [7, 11) is 2.12. The summed E-state index contributed by atoms with van der Waals surface area (Å²) in [6, 6.07) is 5.97. The number of nitrogens with two attached hydrogens (primary N) is 1. The maximum atomic E-state index is 9.36. The zero-order valence-electron chi connectivity index (χ0n) is 10.8. The second kappa shape index (κ2) is 6.77. The zero-order valence-corrected chi connectivity index (χ0v) is 11.6. The molecule has 4 heteroatoms. The number of hydrogen-bond donors (Lipinski definition) is 2. The second-order valence-corrected chi connectivity index (χ2v) is 5.42. The van der Waals surface area contributed by atoms with E-state index in [0.29, 0.717) is 11.7 Å². The summed E-state index contributed by atoms with van der Waals surface area (Å²) in [5.41, 5.74) is 7.27. The van der Waals surface area contributed by atoms with Crippen molar-refractivity contribution in [2.24, 2.45) is 0 Å². The molecule has 0 aliphatic carbocycles. The molecule has 0 radical (unpaired) electrons. The Balaban J connectivity index is 2.55. The van der Waals surface area contributed by atoms with Gasteiger partial charge in [0.05, 0.1) is 5.69 Å². The molecule has 17 heavy (non-hydrogen) atoms. The number of aromatic hydroxyl groups is 1. The Morgan fingerprint density at radius 1 is 1.47 bits per heavy atom. The minimum absolute atomic E-state index is 0.159. The molecule has 1 aromatic rings. The van der Waals surface area contributed by atoms with E-state index < -0.39 is 0 Å². The van der Waals surface area contributed by atoms with Crippen molar-refractivity contribution in [3.63, 3.8) is 0 Å². The van der Waals surface area contributed by atoms with Crippen LogP contribution in [0.1, 0.15) is 18.9 Å². The number of phenols is 1. The standard InChI is InChI=1S/C13H22N2OS/c1-10(6-7-17-3)15(2)9-11-4-5-13(16)12(14)8-11/h4-5,8,10,16H,6-7,9,14H2,1-3H3. The molecule has 0 aliphatic heterocycles. The number of phenolic OH excluding ortho intramolecular Hbond substituents is 1. The predicted molar refractivity (Wildman–Crippen MR) is 76.4 cm³/mol. The lowest BCUT2D eigenvalue weighted by molar-refractivity contribution is 0.245. The average Bonchev–Trinajstić information content (AvgIpc) is 2.30. The summed E-state index contributed by atoms with van der Waals surface area (Å²) in [6.07, 6.45) is 3.32. The highest BCUT2D eigenvalue weighted by molar-refractivity contribution is 7.98. The third kappa shape index (κ3) is 4.48. The lowest BCUT2D eigenvalue weighted by atomic mass is 10.1. The van der Waals surface area contributed by atoms with Crippen LogP contribution < -0.4 is 5.73 Å². The van der Waals surface area contributed by atoms with Gasteiger partial charge in [-0.1, -0.05) is 6.07 Å². The van der Waals surface area contributed by atoms with E-state index in [0.717, 1.165) is 12.1 Å². The number of rotatable bonds is 6. The van der Waals surface area contributed by atoms with Crippen molar-refractivity contribution in [2.45, 2.75) is 25.9 Å². The van der Waals surface area contributed by atoms with Gasteiger partial charge in [0.25, 0.3) is 0 Å². The van der Waals surface area contributed by atoms with Crippen LogP contribution in [0.2, 0.25) is 0 Å². The highest BCUT2D eigenvalue weighted by atomic mass is 32.2. The van der Waals surface area contributed by atoms with Crippen LogP contribution in [0.15, 0.2) is 18.2 Å². The smallest absolute Gasteiger partial charge is 0.138 e. The molecule has 0 amide bonds. The van der Waals surface area contributed by atoms with E-state index in [2.05, 4.69) is 25.1 Å². The molecule has 1 rings (SSSR count). The van der Waals surface area contributed by atoms with Gasteiger partial charge in [-0.3, -0.25) is 4.90 Å². The number of nitrogens with zero attached hydrogens (tertiary/aromatic N) is 1. The largest absolute Gasteiger partial charge is 0.506 e. The monoisotopic (exact) mass is 254 g/mol. The summed E-state index contributed by atoms with van der Waals surface area (Å²) in [4.78, 5) is 2.31. The van der Waals surface area contributed by atoms with E-state index in [4.69, 9.17) is 5.73 Å². The van der Waals surface area contributed by atoms with Crippen LogP contribution in [-0.2, 0) is 6.54 Å². The fourth-order valence-electron chi connectivity index (χ4n) is 1.65. The van der Waals surface area contributed by atoms with Crippen LogP contribution in [0.4, 0.5) is 5.69 Å². The normalized spacial score (nSPS) is 12.9. The zero-order chi connectivity index (χ0) is 12.8. The van der Waals surface area contributed by atoms with E-state index in [9.17, 15) is 5.11 Å². The highest BCUT2D eigenvalue weighted by Gasteiger charge is 2.09. The first-order chi connectivity index (χ1) is 8.04. The molecule has 0 aliphatic rings. The molecule has 0 heterocycles. The molecular weight excluding hydrogens is 232 g/mol. The van der Waals surface area contributed by atoms with Crippen molar-refractivity contribution in [3.05, 3.63) is 23.8 Å². The van der Waals surface area contributed by atoms with Crippen LogP contribution in [-0.4, -0.2) is 35.1 Å². The van der Waals surface area contributed by atoms with Crippen LogP contribution in [0.25, 0.3) is 0 Å². The summed E-state index contributed by atoms with van der Waals surface area (Å²) < 4.78 is 0. The Morgan fingerprint density at radius 3 is 2.76 bits per heavy atom. The lowest BCUT2D eigenvalue weighted by Gasteiger charge is -2.24. The molecule has 0 saturated carbocycles. The highest BCUT2D eigenvalue weighted by Crippen LogP contribution is 2.21. The van der Waals surface area contributed by atoms with Gasteiger partial charge >= 0.3 is 0 Å². The molecule has 1 aromatic carbocycles.